The quantitative estimate of drug-likeness (QED) is 0.570. The topological polar surface area (TPSA) is 52.2 Å². The van der Waals surface area contributed by atoms with Gasteiger partial charge in [0.2, 0.25) is 5.65 Å². The first-order chi connectivity index (χ1) is 11.7. The smallest absolute Gasteiger partial charge is 0.294 e. The molecule has 0 aliphatic heterocycles. The third-order valence-corrected chi connectivity index (χ3v) is 4.52. The highest BCUT2D eigenvalue weighted by atomic mass is 19.1. The Morgan fingerprint density at radius 2 is 2.04 bits per heavy atom. The normalized spacial score (nSPS) is 14.5. The molecule has 1 aliphatic carbocycles. The molecule has 0 atom stereocenters. The van der Waals surface area contributed by atoms with Crippen LogP contribution in [0.5, 0.6) is 0 Å². The van der Waals surface area contributed by atoms with Gasteiger partial charge in [0.25, 0.3) is 5.56 Å². The van der Waals surface area contributed by atoms with Crippen LogP contribution >= 0.6 is 0 Å². The van der Waals surface area contributed by atoms with Crippen LogP contribution in [0.4, 0.5) is 4.39 Å². The minimum Gasteiger partial charge on any atom is -0.301 e. The van der Waals surface area contributed by atoms with E-state index in [2.05, 4.69) is 9.97 Å². The van der Waals surface area contributed by atoms with Crippen molar-refractivity contribution in [2.45, 2.75) is 18.9 Å². The molecule has 1 aromatic carbocycles. The highest BCUT2D eigenvalue weighted by molar-refractivity contribution is 5.84. The zero-order chi connectivity index (χ0) is 16.3. The summed E-state index contributed by atoms with van der Waals surface area (Å²) in [5.74, 6) is -0.341. The summed E-state index contributed by atoms with van der Waals surface area (Å²) in [7, 11) is 0. The number of pyridine rings is 1. The molecule has 0 saturated heterocycles. The van der Waals surface area contributed by atoms with Gasteiger partial charge in [-0.2, -0.15) is 0 Å². The van der Waals surface area contributed by atoms with Crippen LogP contribution in [0, 0.1) is 5.82 Å². The second-order valence-electron chi connectivity index (χ2n) is 6.09. The first kappa shape index (κ1) is 13.4. The highest BCUT2D eigenvalue weighted by Crippen LogP contribution is 2.37. The molecule has 1 aliphatic rings. The van der Waals surface area contributed by atoms with Crippen LogP contribution in [0.1, 0.15) is 18.9 Å². The van der Waals surface area contributed by atoms with E-state index in [-0.39, 0.29) is 17.4 Å². The SMILES string of the molecule is O=c1c2nccn2c2cc(F)c(-c3cccnc3)cc2n1C1CC1. The minimum absolute atomic E-state index is 0.126. The Labute approximate surface area is 136 Å². The van der Waals surface area contributed by atoms with E-state index in [4.69, 9.17) is 0 Å². The minimum atomic E-state index is -0.341. The summed E-state index contributed by atoms with van der Waals surface area (Å²) in [6.45, 7) is 0. The average Bonchev–Trinajstić information content (AvgIpc) is 3.30. The summed E-state index contributed by atoms with van der Waals surface area (Å²) >= 11 is 0. The van der Waals surface area contributed by atoms with Gasteiger partial charge in [0.15, 0.2) is 0 Å². The number of aromatic nitrogens is 4. The molecule has 0 unspecified atom stereocenters. The molecule has 0 radical (unpaired) electrons. The van der Waals surface area contributed by atoms with Gasteiger partial charge in [-0.1, -0.05) is 6.07 Å². The molecule has 118 valence electrons. The molecule has 5 nitrogen and oxygen atoms in total. The second-order valence-corrected chi connectivity index (χ2v) is 6.09. The molecular formula is C18H13FN4O. The Morgan fingerprint density at radius 3 is 2.79 bits per heavy atom. The van der Waals surface area contributed by atoms with Gasteiger partial charge in [-0.05, 0) is 25.0 Å². The number of benzene rings is 1. The van der Waals surface area contributed by atoms with Crippen molar-refractivity contribution in [2.24, 2.45) is 0 Å². The van der Waals surface area contributed by atoms with Crippen LogP contribution in [0.15, 0.2) is 53.8 Å². The Morgan fingerprint density at radius 1 is 1.17 bits per heavy atom. The van der Waals surface area contributed by atoms with E-state index in [0.29, 0.717) is 22.3 Å². The number of fused-ring (bicyclic) bond motifs is 3. The molecule has 0 bridgehead atoms. The van der Waals surface area contributed by atoms with Gasteiger partial charge in [0.05, 0.1) is 11.0 Å². The van der Waals surface area contributed by atoms with E-state index in [0.717, 1.165) is 18.4 Å². The molecule has 0 amide bonds. The zero-order valence-electron chi connectivity index (χ0n) is 12.7. The maximum atomic E-state index is 14.7. The van der Waals surface area contributed by atoms with E-state index in [1.165, 1.54) is 6.07 Å². The molecule has 4 aromatic rings. The maximum Gasteiger partial charge on any atom is 0.294 e. The maximum absolute atomic E-state index is 14.7. The van der Waals surface area contributed by atoms with Crippen molar-refractivity contribution in [2.75, 3.05) is 0 Å². The van der Waals surface area contributed by atoms with Crippen LogP contribution in [0.25, 0.3) is 27.8 Å². The van der Waals surface area contributed by atoms with E-state index in [1.807, 2.05) is 6.07 Å². The van der Waals surface area contributed by atoms with Gasteiger partial charge in [-0.15, -0.1) is 0 Å². The lowest BCUT2D eigenvalue weighted by Crippen LogP contribution is -2.22. The van der Waals surface area contributed by atoms with Gasteiger partial charge in [0.1, 0.15) is 5.82 Å². The van der Waals surface area contributed by atoms with Crippen molar-refractivity contribution in [1.29, 1.82) is 0 Å². The highest BCUT2D eigenvalue weighted by Gasteiger charge is 2.28. The first-order valence-electron chi connectivity index (χ1n) is 7.85. The number of hydrogen-bond acceptors (Lipinski definition) is 3. The lowest BCUT2D eigenvalue weighted by Gasteiger charge is -2.13. The summed E-state index contributed by atoms with van der Waals surface area (Å²) in [5, 5.41) is 0. The first-order valence-corrected chi connectivity index (χ1v) is 7.85. The summed E-state index contributed by atoms with van der Waals surface area (Å²) in [6.07, 6.45) is 8.47. The summed E-state index contributed by atoms with van der Waals surface area (Å²) in [4.78, 5) is 21.0. The Bertz CT molecular complexity index is 1140. The lowest BCUT2D eigenvalue weighted by molar-refractivity contribution is 0.631. The molecular weight excluding hydrogens is 307 g/mol. The molecule has 24 heavy (non-hydrogen) atoms. The van der Waals surface area contributed by atoms with Gasteiger partial charge in [0, 0.05) is 48.0 Å². The molecule has 5 rings (SSSR count). The second kappa shape index (κ2) is 4.74. The molecule has 3 aromatic heterocycles. The number of hydrogen-bond donors (Lipinski definition) is 0. The van der Waals surface area contributed by atoms with E-state index in [1.54, 1.807) is 45.9 Å². The summed E-state index contributed by atoms with van der Waals surface area (Å²) < 4.78 is 18.2. The van der Waals surface area contributed by atoms with Crippen LogP contribution < -0.4 is 5.56 Å². The van der Waals surface area contributed by atoms with Crippen LogP contribution in [0.3, 0.4) is 0 Å². The van der Waals surface area contributed by atoms with Crippen molar-refractivity contribution < 1.29 is 4.39 Å². The predicted molar refractivity (Wildman–Crippen MR) is 88.4 cm³/mol. The van der Waals surface area contributed by atoms with E-state index >= 15 is 0 Å². The molecule has 3 heterocycles. The van der Waals surface area contributed by atoms with Crippen LogP contribution in [-0.4, -0.2) is 18.9 Å². The Balaban J connectivity index is 1.94. The van der Waals surface area contributed by atoms with Gasteiger partial charge in [-0.25, -0.2) is 9.37 Å². The number of rotatable bonds is 2. The van der Waals surface area contributed by atoms with Crippen molar-refractivity contribution in [1.82, 2.24) is 18.9 Å². The molecule has 1 fully saturated rings. The van der Waals surface area contributed by atoms with Crippen molar-refractivity contribution in [3.05, 3.63) is 65.2 Å². The molecule has 6 heteroatoms. The third-order valence-electron chi connectivity index (χ3n) is 4.52. The fraction of sp³-hybridized carbons (Fsp3) is 0.167. The summed E-state index contributed by atoms with van der Waals surface area (Å²) in [6, 6.07) is 6.98. The Hall–Kier alpha value is -3.02. The van der Waals surface area contributed by atoms with Crippen LogP contribution in [0.2, 0.25) is 0 Å². The molecule has 1 saturated carbocycles. The lowest BCUT2D eigenvalue weighted by atomic mass is 10.1. The summed E-state index contributed by atoms with van der Waals surface area (Å²) in [5.41, 5.74) is 2.73. The number of halogens is 1. The largest absolute Gasteiger partial charge is 0.301 e. The number of imidazole rings is 1. The van der Waals surface area contributed by atoms with Gasteiger partial charge in [-0.3, -0.25) is 14.2 Å². The third kappa shape index (κ3) is 1.83. The van der Waals surface area contributed by atoms with Crippen molar-refractivity contribution >= 4 is 16.7 Å². The monoisotopic (exact) mass is 320 g/mol. The Kier molecular flexibility index (Phi) is 2.65. The fourth-order valence-electron chi connectivity index (χ4n) is 3.25. The van der Waals surface area contributed by atoms with Crippen LogP contribution in [-0.2, 0) is 0 Å². The predicted octanol–water partition coefficient (Wildman–Crippen LogP) is 3.19. The van der Waals surface area contributed by atoms with Crippen molar-refractivity contribution in [3.8, 4) is 11.1 Å². The number of nitrogens with zero attached hydrogens (tertiary/aromatic N) is 4. The molecule has 0 N–H and O–H groups in total. The van der Waals surface area contributed by atoms with Gasteiger partial charge < -0.3 is 4.57 Å². The fourth-order valence-corrected chi connectivity index (χ4v) is 3.25. The standard InChI is InChI=1S/C18H13FN4O/c19-14-9-15-16(8-13(14)11-2-1-5-20-10-11)23(12-3-4-12)18(24)17-21-6-7-22(15)17/h1-2,5-10,12H,3-4H2. The van der Waals surface area contributed by atoms with E-state index < -0.39 is 0 Å². The van der Waals surface area contributed by atoms with Crippen molar-refractivity contribution in [3.63, 3.8) is 0 Å². The molecule has 0 spiro atoms. The van der Waals surface area contributed by atoms with E-state index in [9.17, 15) is 9.18 Å². The average molecular weight is 320 g/mol. The van der Waals surface area contributed by atoms with Gasteiger partial charge >= 0.3 is 0 Å². The zero-order valence-corrected chi connectivity index (χ0v) is 12.7.